The summed E-state index contributed by atoms with van der Waals surface area (Å²) in [7, 11) is 2.01. The van der Waals surface area contributed by atoms with Crippen molar-refractivity contribution in [2.75, 3.05) is 20.1 Å². The molecule has 0 aromatic heterocycles. The lowest BCUT2D eigenvalue weighted by Gasteiger charge is -2.25. The van der Waals surface area contributed by atoms with Crippen LogP contribution < -0.4 is 10.6 Å². The molecule has 0 spiro atoms. The van der Waals surface area contributed by atoms with Gasteiger partial charge in [0.25, 0.3) is 5.91 Å². The normalized spacial score (nSPS) is 12.7. The Bertz CT molecular complexity index is 1320. The number of carbonyl (C=O) groups excluding carboxylic acids is 1. The van der Waals surface area contributed by atoms with Gasteiger partial charge in [-0.25, -0.2) is 8.78 Å². The van der Waals surface area contributed by atoms with Gasteiger partial charge in [0.1, 0.15) is 11.6 Å². The average Bonchev–Trinajstić information content (AvgIpc) is 2.90. The summed E-state index contributed by atoms with van der Waals surface area (Å²) in [6.45, 7) is 5.50. The number of nitrogens with one attached hydrogen (secondary N) is 2. The molecule has 3 N–H and O–H groups in total. The van der Waals surface area contributed by atoms with Crippen molar-refractivity contribution in [3.05, 3.63) is 106 Å². The van der Waals surface area contributed by atoms with Crippen molar-refractivity contribution in [2.24, 2.45) is 0 Å². The van der Waals surface area contributed by atoms with E-state index in [4.69, 9.17) is 0 Å². The van der Waals surface area contributed by atoms with Crippen molar-refractivity contribution in [1.29, 1.82) is 0 Å². The van der Waals surface area contributed by atoms with Gasteiger partial charge in [0.05, 0.1) is 17.7 Å². The van der Waals surface area contributed by atoms with E-state index < -0.39 is 41.4 Å². The van der Waals surface area contributed by atoms with Crippen molar-refractivity contribution in [3.8, 4) is 0 Å². The van der Waals surface area contributed by atoms with Gasteiger partial charge < -0.3 is 20.6 Å². The van der Waals surface area contributed by atoms with Gasteiger partial charge in [0.15, 0.2) is 0 Å². The molecule has 0 bridgehead atoms. The highest BCUT2D eigenvalue weighted by Gasteiger charge is 2.30. The maximum absolute atomic E-state index is 13.9. The molecule has 3 aromatic carbocycles. The van der Waals surface area contributed by atoms with Gasteiger partial charge in [-0.3, -0.25) is 4.79 Å². The van der Waals surface area contributed by atoms with Gasteiger partial charge in [-0.05, 0) is 80.4 Å². The molecule has 0 aliphatic rings. The van der Waals surface area contributed by atoms with Crippen LogP contribution in [-0.2, 0) is 25.7 Å². The maximum atomic E-state index is 13.9. The molecule has 0 aliphatic carbocycles. The largest absolute Gasteiger partial charge is 0.416 e. The fourth-order valence-electron chi connectivity index (χ4n) is 4.79. The number of alkyl halides is 3. The Hall–Kier alpha value is -2.76. The van der Waals surface area contributed by atoms with E-state index >= 15 is 0 Å². The Labute approximate surface area is 268 Å². The first kappa shape index (κ1) is 39.3. The zero-order chi connectivity index (χ0) is 30.9. The van der Waals surface area contributed by atoms with Crippen LogP contribution in [0.5, 0.6) is 0 Å². The molecule has 0 radical (unpaired) electrons. The van der Waals surface area contributed by atoms with Crippen molar-refractivity contribution in [2.45, 2.75) is 64.5 Å². The molecule has 0 saturated carbocycles. The van der Waals surface area contributed by atoms with E-state index in [0.29, 0.717) is 17.7 Å². The third kappa shape index (κ3) is 12.7. The van der Waals surface area contributed by atoms with E-state index in [2.05, 4.69) is 22.5 Å². The van der Waals surface area contributed by atoms with Gasteiger partial charge >= 0.3 is 6.18 Å². The third-order valence-corrected chi connectivity index (χ3v) is 6.84. The summed E-state index contributed by atoms with van der Waals surface area (Å²) < 4.78 is 67.0. The first-order valence-corrected chi connectivity index (χ1v) is 13.9. The van der Waals surface area contributed by atoms with E-state index in [-0.39, 0.29) is 49.9 Å². The maximum Gasteiger partial charge on any atom is 0.416 e. The van der Waals surface area contributed by atoms with Gasteiger partial charge in [-0.2, -0.15) is 13.2 Å². The minimum absolute atomic E-state index is 0. The SMILES string of the molecule is CCCCN(C)Cc1cc(C)cc(C(=O)N[C@@H](Cc2cc(F)cc(F)c2)[C@H](O)CNCc2cccc(C(F)(F)F)c2)c1.Cl.Cl. The molecule has 44 heavy (non-hydrogen) atoms. The number of nitrogens with zero attached hydrogens (tertiary/aromatic N) is 1. The summed E-state index contributed by atoms with van der Waals surface area (Å²) in [4.78, 5) is 15.5. The van der Waals surface area contributed by atoms with E-state index in [1.54, 1.807) is 12.1 Å². The molecule has 2 atom stereocenters. The number of benzene rings is 3. The zero-order valence-corrected chi connectivity index (χ0v) is 26.5. The highest BCUT2D eigenvalue weighted by atomic mass is 35.5. The molecule has 244 valence electrons. The summed E-state index contributed by atoms with van der Waals surface area (Å²) >= 11 is 0. The number of hydrogen-bond donors (Lipinski definition) is 3. The number of carbonyl (C=O) groups is 1. The van der Waals surface area contributed by atoms with E-state index in [1.807, 2.05) is 20.0 Å². The minimum Gasteiger partial charge on any atom is -0.390 e. The third-order valence-electron chi connectivity index (χ3n) is 6.84. The molecule has 3 aromatic rings. The molecular weight excluding hydrogens is 624 g/mol. The molecule has 0 aliphatic heterocycles. The van der Waals surface area contributed by atoms with Crippen LogP contribution in [0.1, 0.15) is 57.9 Å². The first-order valence-electron chi connectivity index (χ1n) is 13.9. The number of aryl methyl sites for hydroxylation is 1. The number of unbranched alkanes of at least 4 members (excludes halogenated alkanes) is 1. The Morgan fingerprint density at radius 2 is 1.64 bits per heavy atom. The fraction of sp³-hybridized carbons (Fsp3) is 0.406. The lowest BCUT2D eigenvalue weighted by molar-refractivity contribution is -0.137. The van der Waals surface area contributed by atoms with Crippen LogP contribution in [0.15, 0.2) is 60.7 Å². The number of amides is 1. The van der Waals surface area contributed by atoms with Crippen LogP contribution in [0.2, 0.25) is 0 Å². The molecule has 0 fully saturated rings. The molecule has 1 amide bonds. The molecule has 12 heteroatoms. The summed E-state index contributed by atoms with van der Waals surface area (Å²) in [5.74, 6) is -2.04. The van der Waals surface area contributed by atoms with Crippen molar-refractivity contribution in [1.82, 2.24) is 15.5 Å². The highest BCUT2D eigenvalue weighted by Crippen LogP contribution is 2.29. The second kappa shape index (κ2) is 18.3. The van der Waals surface area contributed by atoms with Crippen molar-refractivity contribution in [3.63, 3.8) is 0 Å². The van der Waals surface area contributed by atoms with Gasteiger partial charge in [0.2, 0.25) is 0 Å². The Balaban J connectivity index is 0.00000484. The summed E-state index contributed by atoms with van der Waals surface area (Å²) in [5.41, 5.74) is 2.03. The Morgan fingerprint density at radius 3 is 2.27 bits per heavy atom. The van der Waals surface area contributed by atoms with Crippen LogP contribution in [-0.4, -0.2) is 48.2 Å². The van der Waals surface area contributed by atoms with Crippen LogP contribution in [0.4, 0.5) is 22.0 Å². The Kier molecular flexibility index (Phi) is 16.3. The zero-order valence-electron chi connectivity index (χ0n) is 24.9. The number of aliphatic hydroxyl groups excluding tert-OH is 1. The number of rotatable bonds is 14. The molecule has 0 unspecified atom stereocenters. The van der Waals surface area contributed by atoms with E-state index in [9.17, 15) is 31.9 Å². The highest BCUT2D eigenvalue weighted by molar-refractivity contribution is 5.94. The van der Waals surface area contributed by atoms with Crippen molar-refractivity contribution >= 4 is 30.7 Å². The lowest BCUT2D eigenvalue weighted by atomic mass is 9.99. The predicted molar refractivity (Wildman–Crippen MR) is 167 cm³/mol. The van der Waals surface area contributed by atoms with Crippen LogP contribution in [0, 0.1) is 18.6 Å². The summed E-state index contributed by atoms with van der Waals surface area (Å²) in [6.07, 6.45) is -3.66. The summed E-state index contributed by atoms with van der Waals surface area (Å²) in [6, 6.07) is 12.4. The van der Waals surface area contributed by atoms with Crippen LogP contribution in [0.25, 0.3) is 0 Å². The molecule has 0 heterocycles. The molecular formula is C32H40Cl2F5N3O2. The van der Waals surface area contributed by atoms with Gasteiger partial charge in [0, 0.05) is 31.3 Å². The second-order valence-electron chi connectivity index (χ2n) is 10.8. The first-order chi connectivity index (χ1) is 19.8. The number of halogens is 7. The van der Waals surface area contributed by atoms with E-state index in [1.165, 1.54) is 12.1 Å². The standard InChI is InChI=1S/C32H38F5N3O2.2ClH/c1-4-5-9-40(3)20-24-10-21(2)11-25(12-24)31(42)39-29(16-23-14-27(33)17-28(34)15-23)30(41)19-38-18-22-7-6-8-26(13-22)32(35,36)37;;/h6-8,10-15,17,29-30,38,41H,4-5,9,16,18-20H2,1-3H3,(H,39,42);2*1H/t29-,30+;;/m0../s1. The van der Waals surface area contributed by atoms with Gasteiger partial charge in [-0.1, -0.05) is 43.2 Å². The average molecular weight is 665 g/mol. The topological polar surface area (TPSA) is 64.6 Å². The summed E-state index contributed by atoms with van der Waals surface area (Å²) in [5, 5.41) is 16.7. The monoisotopic (exact) mass is 663 g/mol. The predicted octanol–water partition coefficient (Wildman–Crippen LogP) is 6.86. The number of hydrogen-bond acceptors (Lipinski definition) is 4. The Morgan fingerprint density at radius 1 is 0.955 bits per heavy atom. The smallest absolute Gasteiger partial charge is 0.390 e. The quantitative estimate of drug-likeness (QED) is 0.165. The van der Waals surface area contributed by atoms with Crippen molar-refractivity contribution < 1.29 is 31.9 Å². The molecule has 5 nitrogen and oxygen atoms in total. The number of aliphatic hydroxyl groups is 1. The van der Waals surface area contributed by atoms with Crippen LogP contribution in [0.3, 0.4) is 0 Å². The molecule has 3 rings (SSSR count). The fourth-order valence-corrected chi connectivity index (χ4v) is 4.79. The molecule has 0 saturated heterocycles. The van der Waals surface area contributed by atoms with Gasteiger partial charge in [-0.15, -0.1) is 24.8 Å². The van der Waals surface area contributed by atoms with Crippen LogP contribution >= 0.6 is 24.8 Å². The minimum atomic E-state index is -4.48. The van der Waals surface area contributed by atoms with E-state index in [0.717, 1.165) is 60.8 Å². The second-order valence-corrected chi connectivity index (χ2v) is 10.8. The lowest BCUT2D eigenvalue weighted by Crippen LogP contribution is -2.48.